The molecule has 0 saturated carbocycles. The molecule has 0 N–H and O–H groups in total. The Balaban J connectivity index is 2.34. The number of methoxy groups -OCH3 is 1. The maximum atomic E-state index is 4.72. The number of rotatable bonds is 3. The molecule has 0 spiro atoms. The normalized spacial score (nSPS) is 9.00. The molecule has 6 heavy (non-hydrogen) atoms. The molecule has 1 heteroatoms. The quantitative estimate of drug-likeness (QED) is 0.468. The first-order valence-corrected chi connectivity index (χ1v) is 2.05. The molecule has 0 aromatic rings. The first-order chi connectivity index (χ1) is 2.91. The zero-order valence-electron chi connectivity index (χ0n) is 4.32. The molecule has 0 bridgehead atoms. The Bertz CT molecular complexity index is 15.9. The Morgan fingerprint density at radius 3 is 2.50 bits per heavy atom. The summed E-state index contributed by atoms with van der Waals surface area (Å²) < 4.78 is 4.72. The zero-order valence-corrected chi connectivity index (χ0v) is 4.32. The Hall–Kier alpha value is -0.0400. The van der Waals surface area contributed by atoms with Crippen LogP contribution in [0.4, 0.5) is 0 Å². The van der Waals surface area contributed by atoms with E-state index in [1.807, 2.05) is 6.92 Å². The van der Waals surface area contributed by atoms with E-state index in [0.717, 1.165) is 13.0 Å². The van der Waals surface area contributed by atoms with E-state index >= 15 is 0 Å². The van der Waals surface area contributed by atoms with Crippen LogP contribution in [0, 0.1) is 6.42 Å². The lowest BCUT2D eigenvalue weighted by atomic mass is 10.4. The van der Waals surface area contributed by atoms with Crippen LogP contribution in [0.5, 0.6) is 0 Å². The molecule has 0 atom stereocenters. The van der Waals surface area contributed by atoms with Gasteiger partial charge in [-0.3, -0.25) is 0 Å². The Kier molecular flexibility index (Phi) is 4.93. The van der Waals surface area contributed by atoms with Crippen molar-refractivity contribution in [3.63, 3.8) is 0 Å². The second-order valence-electron chi connectivity index (χ2n) is 1.10. The third kappa shape index (κ3) is 3.96. The summed E-state index contributed by atoms with van der Waals surface area (Å²) in [7, 11) is 1.69. The largest absolute Gasteiger partial charge is 0.385 e. The number of hydrogen-bond donors (Lipinski definition) is 0. The lowest BCUT2D eigenvalue weighted by molar-refractivity contribution is 0.201. The minimum atomic E-state index is 0.802. The molecule has 36 valence electrons. The lowest BCUT2D eigenvalue weighted by Gasteiger charge is -1.88. The van der Waals surface area contributed by atoms with Gasteiger partial charge in [0, 0.05) is 13.7 Å². The van der Waals surface area contributed by atoms with Gasteiger partial charge in [-0.25, -0.2) is 0 Å². The molecule has 0 amide bonds. The highest BCUT2D eigenvalue weighted by Gasteiger charge is 1.75. The summed E-state index contributed by atoms with van der Waals surface area (Å²) >= 11 is 0. The van der Waals surface area contributed by atoms with E-state index in [-0.39, 0.29) is 0 Å². The predicted molar refractivity (Wildman–Crippen MR) is 25.4 cm³/mol. The van der Waals surface area contributed by atoms with E-state index < -0.39 is 0 Å². The second-order valence-corrected chi connectivity index (χ2v) is 1.10. The lowest BCUT2D eigenvalue weighted by Crippen LogP contribution is -1.84. The first-order valence-electron chi connectivity index (χ1n) is 2.05. The fourth-order valence-corrected chi connectivity index (χ4v) is 0.204. The van der Waals surface area contributed by atoms with Gasteiger partial charge in [0.1, 0.15) is 0 Å². The third-order valence-electron chi connectivity index (χ3n) is 0.556. The summed E-state index contributed by atoms with van der Waals surface area (Å²) in [5.74, 6) is 0. The minimum absolute atomic E-state index is 0.802. The number of unbranched alkanes of at least 4 members (excludes halogenated alkanes) is 1. The second kappa shape index (κ2) is 4.96. The van der Waals surface area contributed by atoms with Gasteiger partial charge < -0.3 is 4.74 Å². The van der Waals surface area contributed by atoms with Gasteiger partial charge in [-0.15, -0.1) is 0 Å². The third-order valence-corrected chi connectivity index (χ3v) is 0.556. The van der Waals surface area contributed by atoms with Crippen LogP contribution < -0.4 is 0 Å². The molecule has 0 rings (SSSR count). The standard InChI is InChI=1S/C5H10O/c1-3-4-5-6-2/h4-5H2,1-2H3. The van der Waals surface area contributed by atoms with E-state index in [2.05, 4.69) is 6.42 Å². The zero-order chi connectivity index (χ0) is 4.83. The Morgan fingerprint density at radius 2 is 2.33 bits per heavy atom. The van der Waals surface area contributed by atoms with E-state index in [1.54, 1.807) is 7.11 Å². The topological polar surface area (TPSA) is 9.23 Å². The van der Waals surface area contributed by atoms with Gasteiger partial charge in [0.15, 0.2) is 0 Å². The molecule has 2 radical (unpaired) electrons. The van der Waals surface area contributed by atoms with Crippen molar-refractivity contribution in [3.05, 3.63) is 6.42 Å². The van der Waals surface area contributed by atoms with Crippen LogP contribution in [-0.2, 0) is 4.74 Å². The van der Waals surface area contributed by atoms with Crippen molar-refractivity contribution in [3.8, 4) is 0 Å². The summed E-state index contributed by atoms with van der Waals surface area (Å²) in [6.07, 6.45) is 3.88. The van der Waals surface area contributed by atoms with Crippen molar-refractivity contribution >= 4 is 0 Å². The molecule has 0 aliphatic carbocycles. The first kappa shape index (κ1) is 5.96. The van der Waals surface area contributed by atoms with Crippen LogP contribution in [0.15, 0.2) is 0 Å². The number of hydrogen-bond acceptors (Lipinski definition) is 1. The summed E-state index contributed by atoms with van der Waals surface area (Å²) in [6, 6.07) is 0. The highest BCUT2D eigenvalue weighted by Crippen LogP contribution is 1.81. The van der Waals surface area contributed by atoms with E-state index in [1.165, 1.54) is 0 Å². The molecular formula is C5H10O. The molecule has 0 aromatic heterocycles. The SMILES string of the molecule is C[C]CCOC. The van der Waals surface area contributed by atoms with Crippen molar-refractivity contribution in [2.45, 2.75) is 13.3 Å². The monoisotopic (exact) mass is 86.1 g/mol. The molecule has 0 saturated heterocycles. The average Bonchev–Trinajstić information content (AvgIpc) is 1.61. The van der Waals surface area contributed by atoms with E-state index in [0.29, 0.717) is 0 Å². The van der Waals surface area contributed by atoms with Gasteiger partial charge >= 0.3 is 0 Å². The minimum Gasteiger partial charge on any atom is -0.385 e. The Morgan fingerprint density at radius 1 is 1.67 bits per heavy atom. The van der Waals surface area contributed by atoms with Crippen molar-refractivity contribution in [1.29, 1.82) is 0 Å². The highest BCUT2D eigenvalue weighted by atomic mass is 16.5. The van der Waals surface area contributed by atoms with E-state index in [4.69, 9.17) is 4.74 Å². The van der Waals surface area contributed by atoms with Crippen LogP contribution in [0.1, 0.15) is 13.3 Å². The number of ether oxygens (including phenoxy) is 1. The molecule has 0 aromatic carbocycles. The summed E-state index contributed by atoms with van der Waals surface area (Å²) in [4.78, 5) is 0. The molecular weight excluding hydrogens is 76.1 g/mol. The van der Waals surface area contributed by atoms with Crippen molar-refractivity contribution in [1.82, 2.24) is 0 Å². The van der Waals surface area contributed by atoms with Gasteiger partial charge in [-0.05, 0) is 12.8 Å². The predicted octanol–water partition coefficient (Wildman–Crippen LogP) is 1.12. The van der Waals surface area contributed by atoms with Crippen molar-refractivity contribution in [2.75, 3.05) is 13.7 Å². The average molecular weight is 86.1 g/mol. The summed E-state index contributed by atoms with van der Waals surface area (Å²) in [6.45, 7) is 2.70. The van der Waals surface area contributed by atoms with Crippen LogP contribution >= 0.6 is 0 Å². The van der Waals surface area contributed by atoms with Gasteiger partial charge in [0.05, 0.1) is 0 Å². The van der Waals surface area contributed by atoms with Gasteiger partial charge in [-0.2, -0.15) is 0 Å². The Labute approximate surface area is 39.3 Å². The maximum Gasteiger partial charge on any atom is 0.0467 e. The van der Waals surface area contributed by atoms with Gasteiger partial charge in [0.25, 0.3) is 0 Å². The molecule has 0 heterocycles. The molecule has 1 nitrogen and oxygen atoms in total. The fraction of sp³-hybridized carbons (Fsp3) is 0.800. The van der Waals surface area contributed by atoms with Gasteiger partial charge in [-0.1, -0.05) is 6.92 Å². The summed E-state index contributed by atoms with van der Waals surface area (Å²) in [5.41, 5.74) is 0. The molecule has 0 unspecified atom stereocenters. The maximum absolute atomic E-state index is 4.72. The smallest absolute Gasteiger partial charge is 0.0467 e. The molecule has 0 aliphatic rings. The van der Waals surface area contributed by atoms with E-state index in [9.17, 15) is 0 Å². The molecule has 0 fully saturated rings. The molecule has 0 aliphatic heterocycles. The fourth-order valence-electron chi connectivity index (χ4n) is 0.204. The van der Waals surface area contributed by atoms with Crippen LogP contribution in [0.3, 0.4) is 0 Å². The van der Waals surface area contributed by atoms with Gasteiger partial charge in [0.2, 0.25) is 0 Å². The van der Waals surface area contributed by atoms with Crippen LogP contribution in [-0.4, -0.2) is 13.7 Å². The highest BCUT2D eigenvalue weighted by molar-refractivity contribution is 4.51. The van der Waals surface area contributed by atoms with Crippen LogP contribution in [0.2, 0.25) is 0 Å². The van der Waals surface area contributed by atoms with Crippen molar-refractivity contribution in [2.24, 2.45) is 0 Å². The van der Waals surface area contributed by atoms with Crippen LogP contribution in [0.25, 0.3) is 0 Å². The van der Waals surface area contributed by atoms with Crippen molar-refractivity contribution < 1.29 is 4.74 Å². The summed E-state index contributed by atoms with van der Waals surface area (Å²) in [5, 5.41) is 0.